The van der Waals surface area contributed by atoms with Crippen molar-refractivity contribution in [1.29, 1.82) is 0 Å². The van der Waals surface area contributed by atoms with Crippen LogP contribution < -0.4 is 9.72 Å². The van der Waals surface area contributed by atoms with Gasteiger partial charge in [-0.2, -0.15) is 0 Å². The number of nitrogens with zero attached hydrogens (tertiary/aromatic N) is 1. The maximum absolute atomic E-state index is 12.1. The van der Waals surface area contributed by atoms with E-state index in [0.717, 1.165) is 16.3 Å². The Hall–Kier alpha value is -3.16. The highest BCUT2D eigenvalue weighted by Crippen LogP contribution is 2.42. The summed E-state index contributed by atoms with van der Waals surface area (Å²) < 4.78 is 16.4. The SMILES string of the molecule is CCOC(=O)CC(C[N+](=O)[O-])c1c(C)cc(OC)c2oc3cc[nH+]cc3c12. The van der Waals surface area contributed by atoms with Gasteiger partial charge in [-0.3, -0.25) is 14.9 Å². The highest BCUT2D eigenvalue weighted by atomic mass is 16.6. The molecule has 8 nitrogen and oxygen atoms in total. The van der Waals surface area contributed by atoms with Crippen molar-refractivity contribution in [2.24, 2.45) is 0 Å². The lowest BCUT2D eigenvalue weighted by Crippen LogP contribution is -2.19. The third kappa shape index (κ3) is 3.55. The highest BCUT2D eigenvalue weighted by molar-refractivity contribution is 6.08. The molecule has 1 atom stereocenters. The summed E-state index contributed by atoms with van der Waals surface area (Å²) in [5.41, 5.74) is 2.63. The fourth-order valence-electron chi connectivity index (χ4n) is 3.50. The molecular weight excluding hydrogens is 352 g/mol. The number of methoxy groups -OCH3 is 1. The number of pyridine rings is 1. The summed E-state index contributed by atoms with van der Waals surface area (Å²) in [6, 6.07) is 3.56. The lowest BCUT2D eigenvalue weighted by atomic mass is 9.88. The second kappa shape index (κ2) is 7.61. The second-order valence-corrected chi connectivity index (χ2v) is 6.26. The van der Waals surface area contributed by atoms with Crippen molar-refractivity contribution in [3.05, 3.63) is 45.8 Å². The van der Waals surface area contributed by atoms with Crippen molar-refractivity contribution in [2.45, 2.75) is 26.2 Å². The first-order valence-corrected chi connectivity index (χ1v) is 8.63. The van der Waals surface area contributed by atoms with E-state index in [4.69, 9.17) is 13.9 Å². The molecule has 2 heterocycles. The van der Waals surface area contributed by atoms with E-state index < -0.39 is 16.8 Å². The number of H-pyrrole nitrogens is 1. The van der Waals surface area contributed by atoms with Crippen molar-refractivity contribution in [1.82, 2.24) is 0 Å². The molecule has 27 heavy (non-hydrogen) atoms. The van der Waals surface area contributed by atoms with Crippen molar-refractivity contribution in [3.8, 4) is 5.75 Å². The summed E-state index contributed by atoms with van der Waals surface area (Å²) in [6.07, 6.45) is 3.42. The summed E-state index contributed by atoms with van der Waals surface area (Å²) in [5.74, 6) is -0.570. The van der Waals surface area contributed by atoms with Crippen LogP contribution in [-0.2, 0) is 9.53 Å². The summed E-state index contributed by atoms with van der Waals surface area (Å²) in [4.78, 5) is 26.0. The molecule has 0 fully saturated rings. The molecule has 0 saturated heterocycles. The molecule has 0 spiro atoms. The number of aromatic nitrogens is 1. The minimum atomic E-state index is -0.645. The molecule has 0 radical (unpaired) electrons. The number of furan rings is 1. The molecular formula is C19H21N2O6+. The third-order valence-corrected chi connectivity index (χ3v) is 4.51. The zero-order valence-corrected chi connectivity index (χ0v) is 15.4. The Morgan fingerprint density at radius 1 is 1.44 bits per heavy atom. The Bertz CT molecular complexity index is 1010. The van der Waals surface area contributed by atoms with Crippen LogP contribution in [0.2, 0.25) is 0 Å². The number of carbonyl (C=O) groups is 1. The molecule has 0 aliphatic carbocycles. The Labute approximate surface area is 155 Å². The monoisotopic (exact) mass is 373 g/mol. The number of nitro groups is 1. The van der Waals surface area contributed by atoms with Gasteiger partial charge in [0.05, 0.1) is 31.4 Å². The smallest absolute Gasteiger partial charge is 0.306 e. The van der Waals surface area contributed by atoms with Crippen LogP contribution in [0.4, 0.5) is 0 Å². The fraction of sp³-hybridized carbons (Fsp3) is 0.368. The summed E-state index contributed by atoms with van der Waals surface area (Å²) >= 11 is 0. The van der Waals surface area contributed by atoms with E-state index >= 15 is 0 Å². The molecule has 0 bridgehead atoms. The van der Waals surface area contributed by atoms with Crippen LogP contribution in [-0.4, -0.2) is 31.2 Å². The molecule has 0 aliphatic rings. The number of esters is 1. The van der Waals surface area contributed by atoms with E-state index in [0.29, 0.717) is 22.5 Å². The number of aryl methyl sites for hydroxylation is 1. The molecule has 3 rings (SSSR count). The largest absolute Gasteiger partial charge is 0.493 e. The maximum atomic E-state index is 12.1. The van der Waals surface area contributed by atoms with Crippen LogP contribution in [0.3, 0.4) is 0 Å². The van der Waals surface area contributed by atoms with Crippen molar-refractivity contribution < 1.29 is 28.6 Å². The Morgan fingerprint density at radius 3 is 2.89 bits per heavy atom. The molecule has 1 aromatic carbocycles. The fourth-order valence-corrected chi connectivity index (χ4v) is 3.50. The van der Waals surface area contributed by atoms with Crippen LogP contribution in [0.15, 0.2) is 28.9 Å². The van der Waals surface area contributed by atoms with Crippen molar-refractivity contribution >= 4 is 27.9 Å². The van der Waals surface area contributed by atoms with Gasteiger partial charge in [0.1, 0.15) is 5.58 Å². The minimum absolute atomic E-state index is 0.0830. The third-order valence-electron chi connectivity index (χ3n) is 4.51. The topological polar surface area (TPSA) is 106 Å². The number of carbonyl (C=O) groups excluding carboxylic acids is 1. The summed E-state index contributed by atoms with van der Waals surface area (Å²) in [6.45, 7) is 3.40. The van der Waals surface area contributed by atoms with E-state index in [1.54, 1.807) is 38.6 Å². The molecule has 142 valence electrons. The van der Waals surface area contributed by atoms with Gasteiger partial charge in [0.15, 0.2) is 23.7 Å². The number of fused-ring (bicyclic) bond motifs is 3. The maximum Gasteiger partial charge on any atom is 0.306 e. The Morgan fingerprint density at radius 2 is 2.22 bits per heavy atom. The van der Waals surface area contributed by atoms with E-state index in [1.807, 2.05) is 6.92 Å². The van der Waals surface area contributed by atoms with E-state index in [-0.39, 0.29) is 19.6 Å². The average Bonchev–Trinajstić information content (AvgIpc) is 3.00. The minimum Gasteiger partial charge on any atom is -0.493 e. The van der Waals surface area contributed by atoms with Crippen molar-refractivity contribution in [2.75, 3.05) is 20.3 Å². The van der Waals surface area contributed by atoms with Gasteiger partial charge in [-0.15, -0.1) is 0 Å². The molecule has 8 heteroatoms. The van der Waals surface area contributed by atoms with E-state index in [9.17, 15) is 14.9 Å². The van der Waals surface area contributed by atoms with E-state index in [2.05, 4.69) is 4.98 Å². The summed E-state index contributed by atoms with van der Waals surface area (Å²) in [7, 11) is 1.54. The Kier molecular flexibility index (Phi) is 5.25. The van der Waals surface area contributed by atoms with Gasteiger partial charge in [-0.05, 0) is 31.0 Å². The van der Waals surface area contributed by atoms with Gasteiger partial charge in [0, 0.05) is 16.4 Å². The first-order valence-electron chi connectivity index (χ1n) is 8.63. The zero-order valence-electron chi connectivity index (χ0n) is 15.4. The summed E-state index contributed by atoms with van der Waals surface area (Å²) in [5, 5.41) is 12.8. The van der Waals surface area contributed by atoms with Gasteiger partial charge in [0.25, 0.3) is 0 Å². The normalized spacial score (nSPS) is 12.3. The van der Waals surface area contributed by atoms with Gasteiger partial charge in [0.2, 0.25) is 6.54 Å². The number of hydrogen-bond acceptors (Lipinski definition) is 6. The number of rotatable bonds is 7. The molecule has 3 aromatic rings. The van der Waals surface area contributed by atoms with E-state index in [1.165, 1.54) is 0 Å². The van der Waals surface area contributed by atoms with Gasteiger partial charge < -0.3 is 13.9 Å². The van der Waals surface area contributed by atoms with Crippen LogP contribution in [0.5, 0.6) is 5.75 Å². The van der Waals surface area contributed by atoms with Crippen LogP contribution >= 0.6 is 0 Å². The molecule has 0 aliphatic heterocycles. The quantitative estimate of drug-likeness (QED) is 0.358. The number of aromatic amines is 1. The lowest BCUT2D eigenvalue weighted by molar-refractivity contribution is -0.483. The number of benzene rings is 1. The Balaban J connectivity index is 2.27. The zero-order chi connectivity index (χ0) is 19.6. The molecule has 2 aromatic heterocycles. The number of ether oxygens (including phenoxy) is 2. The lowest BCUT2D eigenvalue weighted by Gasteiger charge is -2.17. The first kappa shape index (κ1) is 18.6. The standard InChI is InChI=1S/C19H20N2O6/c1-4-26-16(22)8-12(10-21(23)24)17-11(2)7-15(25-3)19-18(17)13-9-20-6-5-14(13)27-19/h5-7,9,12H,4,8,10H2,1-3H3/p+1. The van der Waals surface area contributed by atoms with Crippen LogP contribution in [0.25, 0.3) is 21.9 Å². The van der Waals surface area contributed by atoms with Gasteiger partial charge in [-0.25, -0.2) is 4.98 Å². The molecule has 0 amide bonds. The molecule has 1 N–H and O–H groups in total. The average molecular weight is 373 g/mol. The molecule has 1 unspecified atom stereocenters. The predicted molar refractivity (Wildman–Crippen MR) is 97.4 cm³/mol. The van der Waals surface area contributed by atoms with Crippen molar-refractivity contribution in [3.63, 3.8) is 0 Å². The molecule has 0 saturated carbocycles. The van der Waals surface area contributed by atoms with Gasteiger partial charge >= 0.3 is 5.97 Å². The van der Waals surface area contributed by atoms with Crippen LogP contribution in [0.1, 0.15) is 30.4 Å². The highest BCUT2D eigenvalue weighted by Gasteiger charge is 2.29. The number of hydrogen-bond donors (Lipinski definition) is 0. The number of nitrogens with one attached hydrogen (secondary N) is 1. The van der Waals surface area contributed by atoms with Gasteiger partial charge in [-0.1, -0.05) is 0 Å². The second-order valence-electron chi connectivity index (χ2n) is 6.26. The predicted octanol–water partition coefficient (Wildman–Crippen LogP) is 3.03. The first-order chi connectivity index (χ1) is 13.0. The van der Waals surface area contributed by atoms with Crippen LogP contribution in [0, 0.1) is 17.0 Å².